The molecule has 1 heterocycles. The first-order valence-electron chi connectivity index (χ1n) is 9.44. The molecule has 0 amide bonds. The maximum Gasteiger partial charge on any atom is 0.317 e. The zero-order valence-electron chi connectivity index (χ0n) is 15.1. The normalized spacial score (nSPS) is 21.5. The molecule has 4 rings (SSSR count). The van der Waals surface area contributed by atoms with Gasteiger partial charge in [0.05, 0.1) is 6.54 Å². The summed E-state index contributed by atoms with van der Waals surface area (Å²) in [4.78, 5) is 21.9. The molecule has 2 N–H and O–H groups in total. The van der Waals surface area contributed by atoms with Gasteiger partial charge in [-0.3, -0.25) is 9.69 Å². The standard InChI is InChI=1S/C20H24N4O3/c25-19(26)13-24(12-14-6-7-14)16-10-15(11-16)22-20-21-9-8-18(23-20)27-17-4-2-1-3-5-17/h1-5,8-9,14-16H,6-7,10-13H2,(H,25,26)(H,21,22,23). The fraction of sp³-hybridized carbons (Fsp3) is 0.450. The summed E-state index contributed by atoms with van der Waals surface area (Å²) >= 11 is 0. The molecule has 2 saturated carbocycles. The Morgan fingerprint density at radius 3 is 2.70 bits per heavy atom. The zero-order valence-corrected chi connectivity index (χ0v) is 15.1. The van der Waals surface area contributed by atoms with Crippen LogP contribution in [-0.4, -0.2) is 51.1 Å². The lowest BCUT2D eigenvalue weighted by molar-refractivity contribution is -0.139. The highest BCUT2D eigenvalue weighted by molar-refractivity contribution is 5.69. The van der Waals surface area contributed by atoms with Crippen molar-refractivity contribution >= 4 is 11.9 Å². The number of hydrogen-bond donors (Lipinski definition) is 2. The van der Waals surface area contributed by atoms with E-state index in [1.54, 1.807) is 12.3 Å². The molecule has 1 aromatic heterocycles. The second-order valence-electron chi connectivity index (χ2n) is 7.37. The number of carboxylic acids is 1. The van der Waals surface area contributed by atoms with E-state index >= 15 is 0 Å². The number of carbonyl (C=O) groups is 1. The molecule has 0 bridgehead atoms. The molecular formula is C20H24N4O3. The maximum absolute atomic E-state index is 11.1. The van der Waals surface area contributed by atoms with Crippen molar-refractivity contribution in [2.45, 2.75) is 37.8 Å². The van der Waals surface area contributed by atoms with Crippen molar-refractivity contribution in [3.63, 3.8) is 0 Å². The third-order valence-corrected chi connectivity index (χ3v) is 5.09. The first kappa shape index (κ1) is 17.7. The van der Waals surface area contributed by atoms with Crippen LogP contribution < -0.4 is 10.1 Å². The molecular weight excluding hydrogens is 344 g/mol. The van der Waals surface area contributed by atoms with Crippen LogP contribution in [0.4, 0.5) is 5.95 Å². The highest BCUT2D eigenvalue weighted by Crippen LogP contribution is 2.34. The molecule has 0 radical (unpaired) electrons. The van der Waals surface area contributed by atoms with Crippen LogP contribution in [0.25, 0.3) is 0 Å². The highest BCUT2D eigenvalue weighted by atomic mass is 16.5. The fourth-order valence-electron chi connectivity index (χ4n) is 3.41. The van der Waals surface area contributed by atoms with Crippen molar-refractivity contribution in [1.29, 1.82) is 0 Å². The Hall–Kier alpha value is -2.67. The van der Waals surface area contributed by atoms with Gasteiger partial charge < -0.3 is 15.2 Å². The van der Waals surface area contributed by atoms with E-state index < -0.39 is 5.97 Å². The minimum absolute atomic E-state index is 0.130. The average molecular weight is 368 g/mol. The fourth-order valence-corrected chi connectivity index (χ4v) is 3.41. The Morgan fingerprint density at radius 1 is 1.22 bits per heavy atom. The summed E-state index contributed by atoms with van der Waals surface area (Å²) < 4.78 is 5.74. The lowest BCUT2D eigenvalue weighted by Crippen LogP contribution is -2.52. The van der Waals surface area contributed by atoms with Crippen LogP contribution in [0.15, 0.2) is 42.6 Å². The Bertz CT molecular complexity index is 776. The third kappa shape index (κ3) is 4.95. The van der Waals surface area contributed by atoms with Gasteiger partial charge in [0.2, 0.25) is 11.8 Å². The number of carboxylic acid groups (broad SMARTS) is 1. The predicted octanol–water partition coefficient (Wildman–Crippen LogP) is 3.01. The van der Waals surface area contributed by atoms with E-state index in [1.807, 2.05) is 30.3 Å². The molecule has 2 aliphatic rings. The van der Waals surface area contributed by atoms with Crippen LogP contribution >= 0.6 is 0 Å². The van der Waals surface area contributed by atoms with Gasteiger partial charge >= 0.3 is 5.97 Å². The molecule has 0 aliphatic heterocycles. The molecule has 0 atom stereocenters. The van der Waals surface area contributed by atoms with Crippen LogP contribution in [0.1, 0.15) is 25.7 Å². The van der Waals surface area contributed by atoms with Crippen molar-refractivity contribution in [2.24, 2.45) is 5.92 Å². The van der Waals surface area contributed by atoms with Gasteiger partial charge in [-0.05, 0) is 43.7 Å². The van der Waals surface area contributed by atoms with Crippen molar-refractivity contribution in [2.75, 3.05) is 18.4 Å². The SMILES string of the molecule is O=C(O)CN(CC1CC1)C1CC(Nc2nccc(Oc3ccccc3)n2)C1. The van der Waals surface area contributed by atoms with E-state index in [0.717, 1.165) is 25.1 Å². The topological polar surface area (TPSA) is 87.6 Å². The number of aromatic nitrogens is 2. The summed E-state index contributed by atoms with van der Waals surface area (Å²) in [6, 6.07) is 11.8. The number of hydrogen-bond acceptors (Lipinski definition) is 6. The van der Waals surface area contributed by atoms with Crippen molar-refractivity contribution in [3.05, 3.63) is 42.6 Å². The molecule has 0 saturated heterocycles. The molecule has 27 heavy (non-hydrogen) atoms. The summed E-state index contributed by atoms with van der Waals surface area (Å²) in [5.74, 6) is 1.71. The molecule has 0 unspecified atom stereocenters. The molecule has 7 heteroatoms. The van der Waals surface area contributed by atoms with E-state index in [1.165, 1.54) is 12.8 Å². The Morgan fingerprint density at radius 2 is 2.00 bits per heavy atom. The van der Waals surface area contributed by atoms with Gasteiger partial charge in [-0.25, -0.2) is 4.98 Å². The number of benzene rings is 1. The monoisotopic (exact) mass is 368 g/mol. The molecule has 2 aliphatic carbocycles. The van der Waals surface area contributed by atoms with E-state index in [9.17, 15) is 4.79 Å². The summed E-state index contributed by atoms with van der Waals surface area (Å²) in [5, 5.41) is 12.5. The Balaban J connectivity index is 1.30. The van der Waals surface area contributed by atoms with Crippen LogP contribution in [0, 0.1) is 5.92 Å². The smallest absolute Gasteiger partial charge is 0.317 e. The number of rotatable bonds is 9. The Kier molecular flexibility index (Phi) is 5.20. The van der Waals surface area contributed by atoms with E-state index in [0.29, 0.717) is 23.8 Å². The second kappa shape index (κ2) is 7.92. The molecule has 2 aromatic rings. The molecule has 7 nitrogen and oxygen atoms in total. The van der Waals surface area contributed by atoms with Crippen molar-refractivity contribution < 1.29 is 14.6 Å². The van der Waals surface area contributed by atoms with Crippen LogP contribution in [0.3, 0.4) is 0 Å². The first-order chi connectivity index (χ1) is 13.2. The average Bonchev–Trinajstić information content (AvgIpc) is 3.42. The minimum atomic E-state index is -0.749. The van der Waals surface area contributed by atoms with Gasteiger partial charge in [0, 0.05) is 30.9 Å². The quantitative estimate of drug-likeness (QED) is 0.703. The summed E-state index contributed by atoms with van der Waals surface area (Å²) in [5.41, 5.74) is 0. The third-order valence-electron chi connectivity index (χ3n) is 5.09. The van der Waals surface area contributed by atoms with E-state index in [4.69, 9.17) is 9.84 Å². The lowest BCUT2D eigenvalue weighted by atomic mass is 9.85. The van der Waals surface area contributed by atoms with Gasteiger partial charge in [-0.2, -0.15) is 4.98 Å². The largest absolute Gasteiger partial charge is 0.480 e. The van der Waals surface area contributed by atoms with Gasteiger partial charge in [0.25, 0.3) is 0 Å². The zero-order chi connectivity index (χ0) is 18.6. The van der Waals surface area contributed by atoms with Crippen LogP contribution in [0.5, 0.6) is 11.6 Å². The highest BCUT2D eigenvalue weighted by Gasteiger charge is 2.37. The molecule has 2 fully saturated rings. The van der Waals surface area contributed by atoms with Gasteiger partial charge in [0.1, 0.15) is 5.75 Å². The van der Waals surface area contributed by atoms with E-state index in [-0.39, 0.29) is 12.6 Å². The van der Waals surface area contributed by atoms with Crippen molar-refractivity contribution in [3.8, 4) is 11.6 Å². The number of nitrogens with zero attached hydrogens (tertiary/aromatic N) is 3. The summed E-state index contributed by atoms with van der Waals surface area (Å²) in [6.45, 7) is 1.03. The predicted molar refractivity (Wildman–Crippen MR) is 101 cm³/mol. The number of nitrogens with one attached hydrogen (secondary N) is 1. The maximum atomic E-state index is 11.1. The second-order valence-corrected chi connectivity index (χ2v) is 7.37. The van der Waals surface area contributed by atoms with Crippen LogP contribution in [0.2, 0.25) is 0 Å². The summed E-state index contributed by atoms with van der Waals surface area (Å²) in [7, 11) is 0. The number of aliphatic carboxylic acids is 1. The van der Waals surface area contributed by atoms with Gasteiger partial charge in [-0.1, -0.05) is 18.2 Å². The first-order valence-corrected chi connectivity index (χ1v) is 9.44. The van der Waals surface area contributed by atoms with Gasteiger partial charge in [0.15, 0.2) is 0 Å². The van der Waals surface area contributed by atoms with E-state index in [2.05, 4.69) is 20.2 Å². The number of para-hydroxylation sites is 1. The van der Waals surface area contributed by atoms with Gasteiger partial charge in [-0.15, -0.1) is 0 Å². The summed E-state index contributed by atoms with van der Waals surface area (Å²) in [6.07, 6.45) is 5.95. The molecule has 1 aromatic carbocycles. The lowest BCUT2D eigenvalue weighted by Gasteiger charge is -2.42. The van der Waals surface area contributed by atoms with Crippen molar-refractivity contribution in [1.82, 2.24) is 14.9 Å². The number of anilines is 1. The number of ether oxygens (including phenoxy) is 1. The van der Waals surface area contributed by atoms with Crippen LogP contribution in [-0.2, 0) is 4.79 Å². The molecule has 142 valence electrons. The minimum Gasteiger partial charge on any atom is -0.480 e. The molecule has 0 spiro atoms. The Labute approximate surface area is 158 Å².